The van der Waals surface area contributed by atoms with Crippen LogP contribution in [0.5, 0.6) is 0 Å². The first-order valence-corrected chi connectivity index (χ1v) is 7.23. The molecule has 1 aliphatic heterocycles. The van der Waals surface area contributed by atoms with Crippen LogP contribution in [0.25, 0.3) is 0 Å². The van der Waals surface area contributed by atoms with Crippen LogP contribution in [0.3, 0.4) is 0 Å². The van der Waals surface area contributed by atoms with Gasteiger partial charge in [-0.05, 0) is 46.5 Å². The molecule has 1 saturated heterocycles. The summed E-state index contributed by atoms with van der Waals surface area (Å²) in [7, 11) is 0. The molecule has 0 spiro atoms. The van der Waals surface area contributed by atoms with E-state index >= 15 is 0 Å². The quantitative estimate of drug-likeness (QED) is 0.648. The van der Waals surface area contributed by atoms with Gasteiger partial charge in [0, 0.05) is 11.8 Å². The largest absolute Gasteiger partial charge is 0.349 e. The molecule has 0 amide bonds. The van der Waals surface area contributed by atoms with Gasteiger partial charge in [0.25, 0.3) is 0 Å². The third kappa shape index (κ3) is 2.65. The second-order valence-electron chi connectivity index (χ2n) is 7.17. The van der Waals surface area contributed by atoms with Crippen LogP contribution < -0.4 is 0 Å². The van der Waals surface area contributed by atoms with Crippen molar-refractivity contribution in [3.05, 3.63) is 11.6 Å². The summed E-state index contributed by atoms with van der Waals surface area (Å²) >= 11 is 0. The molecule has 0 aromatic rings. The third-order valence-electron chi connectivity index (χ3n) is 4.73. The van der Waals surface area contributed by atoms with Crippen molar-refractivity contribution in [3.63, 3.8) is 0 Å². The number of hydrogen-bond acceptors (Lipinski definition) is 2. The molecule has 18 heavy (non-hydrogen) atoms. The maximum absolute atomic E-state index is 6.24. The highest BCUT2D eigenvalue weighted by molar-refractivity contribution is 5.11. The maximum atomic E-state index is 6.24. The molecule has 1 fully saturated rings. The summed E-state index contributed by atoms with van der Waals surface area (Å²) in [5.74, 6) is 0.511. The molecule has 0 radical (unpaired) electrons. The van der Waals surface area contributed by atoms with Crippen molar-refractivity contribution in [2.24, 2.45) is 11.3 Å². The first-order chi connectivity index (χ1) is 8.23. The van der Waals surface area contributed by atoms with Crippen LogP contribution in [-0.2, 0) is 9.47 Å². The molecule has 0 N–H and O–H groups in total. The summed E-state index contributed by atoms with van der Waals surface area (Å²) in [4.78, 5) is 0. The lowest BCUT2D eigenvalue weighted by Gasteiger charge is -2.50. The van der Waals surface area contributed by atoms with Crippen LogP contribution >= 0.6 is 0 Å². The van der Waals surface area contributed by atoms with Gasteiger partial charge in [-0.2, -0.15) is 0 Å². The number of rotatable bonds is 1. The zero-order valence-electron chi connectivity index (χ0n) is 12.7. The second kappa shape index (κ2) is 4.64. The highest BCUT2D eigenvalue weighted by Gasteiger charge is 2.47. The van der Waals surface area contributed by atoms with E-state index in [4.69, 9.17) is 9.47 Å². The van der Waals surface area contributed by atoms with Crippen molar-refractivity contribution >= 4 is 0 Å². The fourth-order valence-corrected chi connectivity index (χ4v) is 3.33. The lowest BCUT2D eigenvalue weighted by Crippen LogP contribution is -2.52. The predicted octanol–water partition coefficient (Wildman–Crippen LogP) is 4.30. The van der Waals surface area contributed by atoms with E-state index in [9.17, 15) is 0 Å². The van der Waals surface area contributed by atoms with Crippen molar-refractivity contribution in [1.82, 2.24) is 0 Å². The Morgan fingerprint density at radius 3 is 2.44 bits per heavy atom. The number of ether oxygens (including phenoxy) is 2. The SMILES string of the molecule is CC1=C[C@H](C)[C@@](C)([C@@H]2O[C@H](C)CC(C)(C)O2)CC1. The van der Waals surface area contributed by atoms with E-state index < -0.39 is 0 Å². The summed E-state index contributed by atoms with van der Waals surface area (Å²) < 4.78 is 12.4. The van der Waals surface area contributed by atoms with Crippen LogP contribution in [0, 0.1) is 11.3 Å². The van der Waals surface area contributed by atoms with Gasteiger partial charge in [0.15, 0.2) is 6.29 Å². The highest BCUT2D eigenvalue weighted by Crippen LogP contribution is 2.47. The Morgan fingerprint density at radius 2 is 1.89 bits per heavy atom. The molecule has 0 aromatic carbocycles. The average molecular weight is 252 g/mol. The summed E-state index contributed by atoms with van der Waals surface area (Å²) in [6.45, 7) is 13.4. The third-order valence-corrected chi connectivity index (χ3v) is 4.73. The van der Waals surface area contributed by atoms with E-state index in [1.807, 2.05) is 0 Å². The first-order valence-electron chi connectivity index (χ1n) is 7.23. The molecular weight excluding hydrogens is 224 g/mol. The van der Waals surface area contributed by atoms with E-state index in [0.29, 0.717) is 5.92 Å². The lowest BCUT2D eigenvalue weighted by molar-refractivity contribution is -0.314. The van der Waals surface area contributed by atoms with Gasteiger partial charge in [-0.25, -0.2) is 0 Å². The van der Waals surface area contributed by atoms with Gasteiger partial charge in [0.05, 0.1) is 11.7 Å². The fourth-order valence-electron chi connectivity index (χ4n) is 3.33. The Balaban J connectivity index is 2.20. The zero-order chi connectivity index (χ0) is 13.6. The predicted molar refractivity (Wildman–Crippen MR) is 74.4 cm³/mol. The maximum Gasteiger partial charge on any atom is 0.164 e. The monoisotopic (exact) mass is 252 g/mol. The molecule has 104 valence electrons. The van der Waals surface area contributed by atoms with Gasteiger partial charge >= 0.3 is 0 Å². The number of allylic oxidation sites excluding steroid dienone is 2. The molecule has 0 saturated carbocycles. The van der Waals surface area contributed by atoms with Gasteiger partial charge < -0.3 is 9.47 Å². The minimum absolute atomic E-state index is 0.0682. The van der Waals surface area contributed by atoms with Crippen LogP contribution in [0.4, 0.5) is 0 Å². The molecule has 4 atom stereocenters. The van der Waals surface area contributed by atoms with Crippen molar-refractivity contribution in [1.29, 1.82) is 0 Å². The Kier molecular flexibility index (Phi) is 3.63. The standard InChI is InChI=1S/C16H28O2/c1-11-7-8-16(6,12(2)9-11)14-17-13(3)10-15(4,5)18-14/h9,12-14H,7-8,10H2,1-6H3/t12-,13+,14+,16-/m0/s1. The van der Waals surface area contributed by atoms with Gasteiger partial charge in [-0.1, -0.05) is 25.5 Å². The van der Waals surface area contributed by atoms with Gasteiger partial charge in [-0.3, -0.25) is 0 Å². The molecule has 0 bridgehead atoms. The Labute approximate surface area is 112 Å². The molecule has 0 aromatic heterocycles. The summed E-state index contributed by atoms with van der Waals surface area (Å²) in [5, 5.41) is 0. The second-order valence-corrected chi connectivity index (χ2v) is 7.17. The van der Waals surface area contributed by atoms with E-state index in [-0.39, 0.29) is 23.4 Å². The molecule has 1 heterocycles. The summed E-state index contributed by atoms with van der Waals surface area (Å²) in [6.07, 6.45) is 5.90. The molecule has 0 unspecified atom stereocenters. The van der Waals surface area contributed by atoms with Crippen LogP contribution in [0.2, 0.25) is 0 Å². The van der Waals surface area contributed by atoms with Crippen molar-refractivity contribution in [2.45, 2.75) is 78.8 Å². The van der Waals surface area contributed by atoms with E-state index in [2.05, 4.69) is 47.6 Å². The van der Waals surface area contributed by atoms with Crippen LogP contribution in [0.15, 0.2) is 11.6 Å². The first kappa shape index (κ1) is 14.1. The molecule has 2 aliphatic rings. The Bertz CT molecular complexity index is 345. The van der Waals surface area contributed by atoms with Crippen LogP contribution in [0.1, 0.15) is 60.8 Å². The van der Waals surface area contributed by atoms with E-state index in [1.165, 1.54) is 12.0 Å². The topological polar surface area (TPSA) is 18.5 Å². The lowest BCUT2D eigenvalue weighted by atomic mass is 9.69. The molecule has 2 heteroatoms. The smallest absolute Gasteiger partial charge is 0.164 e. The van der Waals surface area contributed by atoms with Crippen molar-refractivity contribution in [2.75, 3.05) is 0 Å². The van der Waals surface area contributed by atoms with E-state index in [0.717, 1.165) is 12.8 Å². The normalized spacial score (nSPS) is 44.6. The molecule has 1 aliphatic carbocycles. The van der Waals surface area contributed by atoms with Crippen molar-refractivity contribution < 1.29 is 9.47 Å². The summed E-state index contributed by atoms with van der Waals surface area (Å²) in [5.41, 5.74) is 1.54. The highest BCUT2D eigenvalue weighted by atomic mass is 16.7. The number of hydrogen-bond donors (Lipinski definition) is 0. The van der Waals surface area contributed by atoms with Gasteiger partial charge in [-0.15, -0.1) is 0 Å². The molecule has 2 nitrogen and oxygen atoms in total. The minimum Gasteiger partial charge on any atom is -0.349 e. The Hall–Kier alpha value is -0.340. The average Bonchev–Trinajstić information content (AvgIpc) is 2.21. The van der Waals surface area contributed by atoms with Crippen LogP contribution in [-0.4, -0.2) is 18.0 Å². The summed E-state index contributed by atoms with van der Waals surface area (Å²) in [6, 6.07) is 0. The van der Waals surface area contributed by atoms with Crippen molar-refractivity contribution in [3.8, 4) is 0 Å². The minimum atomic E-state index is -0.0735. The van der Waals surface area contributed by atoms with E-state index in [1.54, 1.807) is 0 Å². The molecular formula is C16H28O2. The fraction of sp³-hybridized carbons (Fsp3) is 0.875. The Morgan fingerprint density at radius 1 is 1.22 bits per heavy atom. The van der Waals surface area contributed by atoms with Gasteiger partial charge in [0.2, 0.25) is 0 Å². The van der Waals surface area contributed by atoms with Gasteiger partial charge in [0.1, 0.15) is 0 Å². The zero-order valence-corrected chi connectivity index (χ0v) is 12.7. The molecule has 2 rings (SSSR count).